The fraction of sp³-hybridized carbons (Fsp3) is 0.235. The number of methoxy groups -OCH3 is 1. The van der Waals surface area contributed by atoms with Crippen LogP contribution < -0.4 is 15.2 Å². The SMILES string of the molecule is COc1cc(CN2CCC(N)=N2)ccc1Oc1ccccc1. The highest BCUT2D eigenvalue weighted by Crippen LogP contribution is 2.32. The molecule has 2 aromatic rings. The highest BCUT2D eigenvalue weighted by Gasteiger charge is 2.13. The maximum atomic E-state index is 5.86. The predicted octanol–water partition coefficient (Wildman–Crippen LogP) is 2.97. The molecule has 0 saturated carbocycles. The van der Waals surface area contributed by atoms with E-state index in [9.17, 15) is 0 Å². The molecule has 0 saturated heterocycles. The van der Waals surface area contributed by atoms with E-state index < -0.39 is 0 Å². The number of hydrogen-bond donors (Lipinski definition) is 1. The first kappa shape index (κ1) is 14.3. The van der Waals surface area contributed by atoms with Crippen molar-refractivity contribution in [3.8, 4) is 17.2 Å². The summed E-state index contributed by atoms with van der Waals surface area (Å²) in [7, 11) is 1.64. The summed E-state index contributed by atoms with van der Waals surface area (Å²) in [5.41, 5.74) is 6.82. The Morgan fingerprint density at radius 3 is 2.64 bits per heavy atom. The van der Waals surface area contributed by atoms with Crippen molar-refractivity contribution in [3.05, 3.63) is 54.1 Å². The Morgan fingerprint density at radius 1 is 1.14 bits per heavy atom. The Labute approximate surface area is 129 Å². The second-order valence-corrected chi connectivity index (χ2v) is 5.13. The molecule has 22 heavy (non-hydrogen) atoms. The van der Waals surface area contributed by atoms with Gasteiger partial charge in [0.1, 0.15) is 11.6 Å². The maximum Gasteiger partial charge on any atom is 0.169 e. The van der Waals surface area contributed by atoms with E-state index in [4.69, 9.17) is 15.2 Å². The lowest BCUT2D eigenvalue weighted by Gasteiger charge is -2.15. The monoisotopic (exact) mass is 297 g/mol. The number of ether oxygens (including phenoxy) is 2. The molecule has 0 unspecified atom stereocenters. The smallest absolute Gasteiger partial charge is 0.169 e. The molecule has 1 aliphatic heterocycles. The second-order valence-electron chi connectivity index (χ2n) is 5.13. The quantitative estimate of drug-likeness (QED) is 0.921. The molecular weight excluding hydrogens is 278 g/mol. The number of hydrogen-bond acceptors (Lipinski definition) is 5. The summed E-state index contributed by atoms with van der Waals surface area (Å²) in [6, 6.07) is 15.6. The molecule has 2 N–H and O–H groups in total. The minimum Gasteiger partial charge on any atom is -0.493 e. The highest BCUT2D eigenvalue weighted by atomic mass is 16.5. The number of nitrogens with zero attached hydrogens (tertiary/aromatic N) is 2. The lowest BCUT2D eigenvalue weighted by Crippen LogP contribution is -2.13. The van der Waals surface area contributed by atoms with E-state index in [1.165, 1.54) is 0 Å². The van der Waals surface area contributed by atoms with Crippen molar-refractivity contribution in [1.29, 1.82) is 0 Å². The number of amidine groups is 1. The number of nitrogens with two attached hydrogens (primary N) is 1. The minimum absolute atomic E-state index is 0.691. The van der Waals surface area contributed by atoms with Crippen molar-refractivity contribution in [1.82, 2.24) is 5.01 Å². The zero-order chi connectivity index (χ0) is 15.4. The van der Waals surface area contributed by atoms with Crippen molar-refractivity contribution >= 4 is 5.84 Å². The molecule has 5 heteroatoms. The predicted molar refractivity (Wildman–Crippen MR) is 86.2 cm³/mol. The van der Waals surface area contributed by atoms with Gasteiger partial charge >= 0.3 is 0 Å². The summed E-state index contributed by atoms with van der Waals surface area (Å²) in [6.07, 6.45) is 0.826. The van der Waals surface area contributed by atoms with Gasteiger partial charge in [0.05, 0.1) is 13.7 Å². The molecule has 0 spiro atoms. The van der Waals surface area contributed by atoms with Crippen LogP contribution in [0, 0.1) is 0 Å². The molecule has 0 atom stereocenters. The summed E-state index contributed by atoms with van der Waals surface area (Å²) in [5, 5.41) is 6.25. The summed E-state index contributed by atoms with van der Waals surface area (Å²) in [4.78, 5) is 0. The van der Waals surface area contributed by atoms with Gasteiger partial charge in [-0.3, -0.25) is 5.01 Å². The number of rotatable bonds is 5. The van der Waals surface area contributed by atoms with Gasteiger partial charge in [-0.05, 0) is 29.8 Å². The molecule has 0 aromatic heterocycles. The molecule has 0 amide bonds. The van der Waals surface area contributed by atoms with Gasteiger partial charge in [-0.2, -0.15) is 5.10 Å². The van der Waals surface area contributed by atoms with Crippen LogP contribution in [0.2, 0.25) is 0 Å². The van der Waals surface area contributed by atoms with E-state index in [-0.39, 0.29) is 0 Å². The molecule has 1 heterocycles. The Bertz CT molecular complexity index is 671. The number of benzene rings is 2. The van der Waals surface area contributed by atoms with Crippen LogP contribution >= 0.6 is 0 Å². The lowest BCUT2D eigenvalue weighted by atomic mass is 10.2. The molecule has 2 aromatic carbocycles. The molecule has 1 aliphatic rings. The Kier molecular flexibility index (Phi) is 4.14. The first-order valence-electron chi connectivity index (χ1n) is 7.22. The van der Waals surface area contributed by atoms with Gasteiger partial charge in [0.25, 0.3) is 0 Å². The van der Waals surface area contributed by atoms with Crippen LogP contribution in [0.25, 0.3) is 0 Å². The largest absolute Gasteiger partial charge is 0.493 e. The standard InChI is InChI=1S/C17H19N3O2/c1-21-16-11-13(12-20-10-9-17(18)19-20)7-8-15(16)22-14-5-3-2-4-6-14/h2-8,11H,9-10,12H2,1H3,(H2,18,19). The van der Waals surface area contributed by atoms with Crippen LogP contribution in [-0.4, -0.2) is 24.5 Å². The number of hydrazone groups is 1. The van der Waals surface area contributed by atoms with Gasteiger partial charge in [0.2, 0.25) is 0 Å². The molecule has 114 valence electrons. The Balaban J connectivity index is 1.76. The van der Waals surface area contributed by atoms with Gasteiger partial charge in [-0.25, -0.2) is 0 Å². The average Bonchev–Trinajstić information content (AvgIpc) is 2.95. The Hall–Kier alpha value is -2.69. The first-order valence-corrected chi connectivity index (χ1v) is 7.22. The van der Waals surface area contributed by atoms with Crippen molar-refractivity contribution in [2.24, 2.45) is 10.8 Å². The van der Waals surface area contributed by atoms with Gasteiger partial charge in [0, 0.05) is 13.0 Å². The molecular formula is C17H19N3O2. The van der Waals surface area contributed by atoms with Crippen molar-refractivity contribution in [3.63, 3.8) is 0 Å². The van der Waals surface area contributed by atoms with E-state index in [0.29, 0.717) is 23.9 Å². The van der Waals surface area contributed by atoms with Crippen LogP contribution in [0.4, 0.5) is 0 Å². The normalized spacial score (nSPS) is 13.9. The summed E-state index contributed by atoms with van der Waals surface area (Å²) in [6.45, 7) is 1.57. The maximum absolute atomic E-state index is 5.86. The molecule has 0 bridgehead atoms. The van der Waals surface area contributed by atoms with Gasteiger partial charge in [-0.1, -0.05) is 24.3 Å². The highest BCUT2D eigenvalue weighted by molar-refractivity contribution is 5.81. The van der Waals surface area contributed by atoms with Crippen LogP contribution in [0.1, 0.15) is 12.0 Å². The van der Waals surface area contributed by atoms with Crippen LogP contribution in [-0.2, 0) is 6.54 Å². The van der Waals surface area contributed by atoms with E-state index in [1.54, 1.807) is 7.11 Å². The fourth-order valence-electron chi connectivity index (χ4n) is 2.36. The van der Waals surface area contributed by atoms with Crippen LogP contribution in [0.15, 0.2) is 53.6 Å². The summed E-state index contributed by atoms with van der Waals surface area (Å²) >= 11 is 0. The Morgan fingerprint density at radius 2 is 1.95 bits per heavy atom. The average molecular weight is 297 g/mol. The topological polar surface area (TPSA) is 60.1 Å². The van der Waals surface area contributed by atoms with E-state index in [2.05, 4.69) is 5.10 Å². The zero-order valence-electron chi connectivity index (χ0n) is 12.5. The minimum atomic E-state index is 0.691. The fourth-order valence-corrected chi connectivity index (χ4v) is 2.36. The van der Waals surface area contributed by atoms with Crippen molar-refractivity contribution < 1.29 is 9.47 Å². The zero-order valence-corrected chi connectivity index (χ0v) is 12.5. The molecule has 0 fully saturated rings. The second kappa shape index (κ2) is 6.39. The molecule has 3 rings (SSSR count). The van der Waals surface area contributed by atoms with Gasteiger partial charge in [-0.15, -0.1) is 0 Å². The molecule has 5 nitrogen and oxygen atoms in total. The first-order chi connectivity index (χ1) is 10.7. The summed E-state index contributed by atoms with van der Waals surface area (Å²) in [5.74, 6) is 2.88. The summed E-state index contributed by atoms with van der Waals surface area (Å²) < 4.78 is 11.3. The molecule has 0 radical (unpaired) electrons. The lowest BCUT2D eigenvalue weighted by molar-refractivity contribution is 0.308. The van der Waals surface area contributed by atoms with Crippen molar-refractivity contribution in [2.75, 3.05) is 13.7 Å². The van der Waals surface area contributed by atoms with E-state index >= 15 is 0 Å². The van der Waals surface area contributed by atoms with Crippen LogP contribution in [0.3, 0.4) is 0 Å². The van der Waals surface area contributed by atoms with Gasteiger partial charge in [0.15, 0.2) is 11.5 Å². The van der Waals surface area contributed by atoms with Gasteiger partial charge < -0.3 is 15.2 Å². The van der Waals surface area contributed by atoms with Crippen LogP contribution in [0.5, 0.6) is 17.2 Å². The number of para-hydroxylation sites is 1. The molecule has 0 aliphatic carbocycles. The third-order valence-electron chi connectivity index (χ3n) is 3.46. The third-order valence-corrected chi connectivity index (χ3v) is 3.46. The third kappa shape index (κ3) is 3.31. The van der Waals surface area contributed by atoms with E-state index in [0.717, 1.165) is 24.3 Å². The van der Waals surface area contributed by atoms with E-state index in [1.807, 2.05) is 53.5 Å². The van der Waals surface area contributed by atoms with Crippen molar-refractivity contribution in [2.45, 2.75) is 13.0 Å².